The first-order valence-electron chi connectivity index (χ1n) is 6.68. The van der Waals surface area contributed by atoms with Crippen LogP contribution in [0.5, 0.6) is 5.75 Å². The molecule has 0 atom stereocenters. The zero-order chi connectivity index (χ0) is 16.1. The molecule has 0 bridgehead atoms. The second kappa shape index (κ2) is 8.61. The van der Waals surface area contributed by atoms with E-state index in [9.17, 15) is 4.79 Å². The van der Waals surface area contributed by atoms with E-state index >= 15 is 0 Å². The van der Waals surface area contributed by atoms with Crippen molar-refractivity contribution < 1.29 is 14.6 Å². The van der Waals surface area contributed by atoms with Gasteiger partial charge in [0.2, 0.25) is 0 Å². The average Bonchev–Trinajstić information content (AvgIpc) is 2.96. The number of nitrogens with zero attached hydrogens (tertiary/aromatic N) is 1. The summed E-state index contributed by atoms with van der Waals surface area (Å²) in [5, 5.41) is 12.5. The van der Waals surface area contributed by atoms with Gasteiger partial charge in [0.1, 0.15) is 11.4 Å². The number of amides is 1. The quantitative estimate of drug-likeness (QED) is 0.368. The fourth-order valence-electron chi connectivity index (χ4n) is 1.87. The van der Waals surface area contributed by atoms with Crippen molar-refractivity contribution >= 4 is 46.8 Å². The Kier molecular flexibility index (Phi) is 7.15. The van der Waals surface area contributed by atoms with Gasteiger partial charge in [-0.1, -0.05) is 11.6 Å². The van der Waals surface area contributed by atoms with Crippen molar-refractivity contribution in [2.24, 2.45) is 10.7 Å². The van der Waals surface area contributed by atoms with Crippen LogP contribution in [0.2, 0.25) is 5.02 Å². The number of nitrogens with two attached hydrogens (primary N) is 1. The molecule has 1 amide bonds. The first kappa shape index (κ1) is 19.1. The molecule has 0 aliphatic rings. The standard InChI is InChI=1S/C14H17ClN4O3.ClH/c1-17-14(16)19-13(21)10-7-8-9(15)3-4-11(12(8)18-10)22-6-2-5-20;/h3-4,7,18,20H,2,5-6H2,1H3,(H3,16,17,19,21);1H. The maximum absolute atomic E-state index is 12.0. The first-order chi connectivity index (χ1) is 10.6. The predicted octanol–water partition coefficient (Wildman–Crippen LogP) is 1.68. The molecule has 0 saturated carbocycles. The largest absolute Gasteiger partial charge is 0.491 e. The Bertz CT molecular complexity index is 715. The fourth-order valence-corrected chi connectivity index (χ4v) is 2.08. The topological polar surface area (TPSA) is 113 Å². The highest BCUT2D eigenvalue weighted by Crippen LogP contribution is 2.32. The highest BCUT2D eigenvalue weighted by atomic mass is 35.5. The van der Waals surface area contributed by atoms with Gasteiger partial charge in [-0.25, -0.2) is 0 Å². The van der Waals surface area contributed by atoms with E-state index in [0.717, 1.165) is 0 Å². The van der Waals surface area contributed by atoms with Crippen molar-refractivity contribution in [3.63, 3.8) is 0 Å². The fraction of sp³-hybridized carbons (Fsp3) is 0.286. The molecular weight excluding hydrogens is 343 g/mol. The van der Waals surface area contributed by atoms with E-state index in [0.29, 0.717) is 34.7 Å². The van der Waals surface area contributed by atoms with Crippen molar-refractivity contribution in [3.05, 3.63) is 28.9 Å². The van der Waals surface area contributed by atoms with E-state index in [1.807, 2.05) is 0 Å². The summed E-state index contributed by atoms with van der Waals surface area (Å²) in [5.41, 5.74) is 6.34. The number of ether oxygens (including phenoxy) is 1. The van der Waals surface area contributed by atoms with Crippen LogP contribution in [-0.4, -0.2) is 42.2 Å². The SMILES string of the molecule is CNC(N)=NC(=O)c1cc2c(Cl)ccc(OCCCO)c2[nH]1.Cl. The summed E-state index contributed by atoms with van der Waals surface area (Å²) < 4.78 is 5.58. The van der Waals surface area contributed by atoms with Crippen LogP contribution in [0.4, 0.5) is 0 Å². The van der Waals surface area contributed by atoms with E-state index in [1.165, 1.54) is 0 Å². The summed E-state index contributed by atoms with van der Waals surface area (Å²) in [6, 6.07) is 4.99. The van der Waals surface area contributed by atoms with Gasteiger partial charge >= 0.3 is 0 Å². The van der Waals surface area contributed by atoms with Crippen LogP contribution >= 0.6 is 24.0 Å². The van der Waals surface area contributed by atoms with E-state index < -0.39 is 5.91 Å². The van der Waals surface area contributed by atoms with Crippen molar-refractivity contribution in [2.45, 2.75) is 6.42 Å². The maximum Gasteiger partial charge on any atom is 0.296 e. The average molecular weight is 361 g/mol. The van der Waals surface area contributed by atoms with Gasteiger partial charge in [0.05, 0.1) is 17.1 Å². The number of fused-ring (bicyclic) bond motifs is 1. The third-order valence-electron chi connectivity index (χ3n) is 2.97. The zero-order valence-electron chi connectivity index (χ0n) is 12.4. The summed E-state index contributed by atoms with van der Waals surface area (Å²) >= 11 is 6.14. The molecule has 5 N–H and O–H groups in total. The van der Waals surface area contributed by atoms with Gasteiger partial charge in [-0.05, 0) is 18.2 Å². The molecule has 9 heteroatoms. The van der Waals surface area contributed by atoms with E-state index in [-0.39, 0.29) is 30.7 Å². The normalized spacial score (nSPS) is 11.2. The van der Waals surface area contributed by atoms with Crippen LogP contribution < -0.4 is 15.8 Å². The number of aliphatic hydroxyl groups is 1. The molecule has 0 saturated heterocycles. The lowest BCUT2D eigenvalue weighted by molar-refractivity contribution is 0.0998. The minimum Gasteiger partial charge on any atom is -0.491 e. The van der Waals surface area contributed by atoms with E-state index in [4.69, 9.17) is 27.2 Å². The van der Waals surface area contributed by atoms with Crippen LogP contribution in [0.15, 0.2) is 23.2 Å². The molecule has 1 aromatic heterocycles. The molecule has 0 unspecified atom stereocenters. The third kappa shape index (κ3) is 4.51. The number of aromatic nitrogens is 1. The number of hydrogen-bond acceptors (Lipinski definition) is 3. The third-order valence-corrected chi connectivity index (χ3v) is 3.30. The summed E-state index contributed by atoms with van der Waals surface area (Å²) in [6.07, 6.45) is 0.514. The van der Waals surface area contributed by atoms with Crippen LogP contribution in [0.25, 0.3) is 10.9 Å². The lowest BCUT2D eigenvalue weighted by Crippen LogP contribution is -2.28. The molecule has 126 valence electrons. The molecular formula is C14H18Cl2N4O3. The Morgan fingerprint density at radius 3 is 2.91 bits per heavy atom. The predicted molar refractivity (Wildman–Crippen MR) is 92.8 cm³/mol. The van der Waals surface area contributed by atoms with Crippen LogP contribution in [0.1, 0.15) is 16.9 Å². The van der Waals surface area contributed by atoms with Gasteiger partial charge in [-0.3, -0.25) is 4.79 Å². The maximum atomic E-state index is 12.0. The van der Waals surface area contributed by atoms with Crippen LogP contribution in [0.3, 0.4) is 0 Å². The highest BCUT2D eigenvalue weighted by Gasteiger charge is 2.14. The van der Waals surface area contributed by atoms with E-state index in [1.54, 1.807) is 25.2 Å². The highest BCUT2D eigenvalue weighted by molar-refractivity contribution is 6.35. The van der Waals surface area contributed by atoms with Crippen LogP contribution in [-0.2, 0) is 0 Å². The Morgan fingerprint density at radius 1 is 1.52 bits per heavy atom. The Labute approximate surface area is 144 Å². The molecule has 0 aliphatic carbocycles. The number of rotatable bonds is 5. The molecule has 2 rings (SSSR count). The molecule has 0 spiro atoms. The number of hydrogen-bond donors (Lipinski definition) is 4. The minimum atomic E-state index is -0.513. The van der Waals surface area contributed by atoms with Crippen molar-refractivity contribution in [2.75, 3.05) is 20.3 Å². The van der Waals surface area contributed by atoms with Gasteiger partial charge in [0.15, 0.2) is 5.96 Å². The number of guanidine groups is 1. The Morgan fingerprint density at radius 2 is 2.26 bits per heavy atom. The number of aliphatic imine (C=N–C) groups is 1. The van der Waals surface area contributed by atoms with Crippen molar-refractivity contribution in [1.82, 2.24) is 10.3 Å². The smallest absolute Gasteiger partial charge is 0.296 e. The number of carbonyl (C=O) groups excluding carboxylic acids is 1. The minimum absolute atomic E-state index is 0. The number of aromatic amines is 1. The summed E-state index contributed by atoms with van der Waals surface area (Å²) in [5.74, 6) is 0.0621. The molecule has 0 aliphatic heterocycles. The van der Waals surface area contributed by atoms with Crippen molar-refractivity contribution in [1.29, 1.82) is 0 Å². The van der Waals surface area contributed by atoms with Gasteiger partial charge in [-0.2, -0.15) is 4.99 Å². The molecule has 1 aromatic carbocycles. The summed E-state index contributed by atoms with van der Waals surface area (Å²) in [6.45, 7) is 0.406. The number of aliphatic hydroxyl groups excluding tert-OH is 1. The molecule has 0 radical (unpaired) electrons. The van der Waals surface area contributed by atoms with Gasteiger partial charge in [0.25, 0.3) is 5.91 Å². The zero-order valence-corrected chi connectivity index (χ0v) is 14.0. The summed E-state index contributed by atoms with van der Waals surface area (Å²) in [7, 11) is 1.57. The van der Waals surface area contributed by atoms with Crippen molar-refractivity contribution in [3.8, 4) is 5.75 Å². The number of carbonyl (C=O) groups is 1. The van der Waals surface area contributed by atoms with Gasteiger partial charge < -0.3 is 25.9 Å². The molecule has 0 fully saturated rings. The second-order valence-electron chi connectivity index (χ2n) is 4.50. The molecule has 23 heavy (non-hydrogen) atoms. The number of benzene rings is 1. The Hall–Kier alpha value is -1.96. The number of H-pyrrole nitrogens is 1. The first-order valence-corrected chi connectivity index (χ1v) is 7.05. The van der Waals surface area contributed by atoms with Gasteiger partial charge in [0, 0.05) is 25.5 Å². The number of halogens is 2. The molecule has 2 aromatic rings. The van der Waals surface area contributed by atoms with E-state index in [2.05, 4.69) is 15.3 Å². The summed E-state index contributed by atoms with van der Waals surface area (Å²) in [4.78, 5) is 18.7. The lowest BCUT2D eigenvalue weighted by atomic mass is 10.2. The molecule has 1 heterocycles. The van der Waals surface area contributed by atoms with Crippen LogP contribution in [0, 0.1) is 0 Å². The molecule has 7 nitrogen and oxygen atoms in total. The van der Waals surface area contributed by atoms with Gasteiger partial charge in [-0.15, -0.1) is 12.4 Å². The second-order valence-corrected chi connectivity index (χ2v) is 4.90. The number of nitrogens with one attached hydrogen (secondary N) is 2. The monoisotopic (exact) mass is 360 g/mol. The Balaban J connectivity index is 0.00000264. The lowest BCUT2D eigenvalue weighted by Gasteiger charge is -2.06.